The van der Waals surface area contributed by atoms with Crippen molar-refractivity contribution in [1.82, 2.24) is 0 Å². The van der Waals surface area contributed by atoms with Crippen LogP contribution in [0.5, 0.6) is 0 Å². The fraction of sp³-hybridized carbons (Fsp3) is 0.875. The lowest BCUT2D eigenvalue weighted by atomic mass is 10.4. The number of nitrogens with zero attached hydrogens (tertiary/aromatic N) is 1. The lowest BCUT2D eigenvalue weighted by Gasteiger charge is -2.40. The first-order chi connectivity index (χ1) is 6.58. The van der Waals surface area contributed by atoms with Gasteiger partial charge in [0.15, 0.2) is 6.54 Å². The maximum absolute atomic E-state index is 11.9. The van der Waals surface area contributed by atoms with Gasteiger partial charge >= 0.3 is 5.97 Å². The van der Waals surface area contributed by atoms with E-state index in [0.29, 0.717) is 0 Å². The van der Waals surface area contributed by atoms with Crippen molar-refractivity contribution >= 4 is 41.6 Å². The Kier molecular flexibility index (Phi) is 11.2. The van der Waals surface area contributed by atoms with E-state index in [-0.39, 0.29) is 50.4 Å². The molecule has 15 heavy (non-hydrogen) atoms. The van der Waals surface area contributed by atoms with E-state index in [1.165, 1.54) is 0 Å². The second-order valence-corrected chi connectivity index (χ2v) is 3.60. The van der Waals surface area contributed by atoms with Gasteiger partial charge in [0.1, 0.15) is 0 Å². The first kappa shape index (κ1) is 17.6. The zero-order valence-electron chi connectivity index (χ0n) is 8.58. The third kappa shape index (κ3) is 8.11. The fourth-order valence-electron chi connectivity index (χ4n) is 1.02. The second-order valence-electron chi connectivity index (χ2n) is 2.85. The quantitative estimate of drug-likeness (QED) is 0.309. The molecule has 0 unspecified atom stereocenters. The first-order valence-electron chi connectivity index (χ1n) is 4.42. The highest BCUT2D eigenvalue weighted by Gasteiger charge is 2.20. The molecule has 0 aromatic heterocycles. The number of carbonyl (C=O) groups is 1. The molecule has 0 rings (SSSR count). The van der Waals surface area contributed by atoms with Crippen molar-refractivity contribution < 1.29 is 14.2 Å². The summed E-state index contributed by atoms with van der Waals surface area (Å²) in [5.41, 5.74) is 0. The predicted octanol–water partition coefficient (Wildman–Crippen LogP) is 1.76. The monoisotopic (exact) mass is 279 g/mol. The molecular formula is C8H16Cl3NO3. The van der Waals surface area contributed by atoms with Crippen molar-refractivity contribution in [3.8, 4) is 0 Å². The van der Waals surface area contributed by atoms with E-state index in [0.717, 1.165) is 0 Å². The molecule has 0 radical (unpaired) electrons. The Bertz CT molecular complexity index is 175. The molecule has 0 atom stereocenters. The molecule has 0 saturated heterocycles. The maximum atomic E-state index is 11.9. The zero-order chi connectivity index (χ0) is 11.0. The van der Waals surface area contributed by atoms with Gasteiger partial charge in [0.25, 0.3) is 0 Å². The van der Waals surface area contributed by atoms with E-state index >= 15 is 0 Å². The lowest BCUT2D eigenvalue weighted by molar-refractivity contribution is -0.868. The molecule has 0 aliphatic rings. The van der Waals surface area contributed by atoms with Crippen LogP contribution in [0.15, 0.2) is 0 Å². The van der Waals surface area contributed by atoms with Gasteiger partial charge < -0.3 is 14.6 Å². The Morgan fingerprint density at radius 1 is 1.33 bits per heavy atom. The van der Waals surface area contributed by atoms with E-state index in [9.17, 15) is 10.0 Å². The number of halogens is 3. The van der Waals surface area contributed by atoms with Crippen LogP contribution in [0.1, 0.15) is 6.92 Å². The Morgan fingerprint density at radius 3 is 2.13 bits per heavy atom. The van der Waals surface area contributed by atoms with Crippen LogP contribution in [-0.4, -0.2) is 48.6 Å². The minimum absolute atomic E-state index is 0. The topological polar surface area (TPSA) is 49.4 Å². The number of quaternary nitrogens is 1. The molecule has 0 saturated carbocycles. The van der Waals surface area contributed by atoms with Gasteiger partial charge in [-0.15, -0.1) is 35.6 Å². The molecular weight excluding hydrogens is 264 g/mol. The zero-order valence-corrected chi connectivity index (χ0v) is 10.9. The van der Waals surface area contributed by atoms with E-state index in [2.05, 4.69) is 4.74 Å². The van der Waals surface area contributed by atoms with Crippen LogP contribution < -0.4 is 0 Å². The number of rotatable bonds is 7. The van der Waals surface area contributed by atoms with Crippen LogP contribution in [0.25, 0.3) is 0 Å². The average molecular weight is 281 g/mol. The van der Waals surface area contributed by atoms with E-state index in [1.807, 2.05) is 0 Å². The molecule has 0 aromatic carbocycles. The van der Waals surface area contributed by atoms with Gasteiger partial charge in [-0.3, -0.25) is 0 Å². The Morgan fingerprint density at radius 2 is 1.80 bits per heavy atom. The molecule has 7 heteroatoms. The molecule has 4 nitrogen and oxygen atoms in total. The van der Waals surface area contributed by atoms with Crippen molar-refractivity contribution in [2.45, 2.75) is 6.92 Å². The van der Waals surface area contributed by atoms with Gasteiger partial charge in [-0.05, 0) is 6.92 Å². The molecule has 0 amide bonds. The van der Waals surface area contributed by atoms with Crippen molar-refractivity contribution in [3.05, 3.63) is 5.21 Å². The Labute approximate surface area is 106 Å². The molecule has 0 heterocycles. The van der Waals surface area contributed by atoms with Gasteiger partial charge in [-0.25, -0.2) is 4.79 Å². The van der Waals surface area contributed by atoms with Crippen LogP contribution in [0.2, 0.25) is 0 Å². The van der Waals surface area contributed by atoms with Gasteiger partial charge in [0.05, 0.1) is 31.5 Å². The van der Waals surface area contributed by atoms with Crippen LogP contribution in [0.4, 0.5) is 0 Å². The summed E-state index contributed by atoms with van der Waals surface area (Å²) >= 11 is 10.9. The third-order valence-corrected chi connectivity index (χ3v) is 2.04. The van der Waals surface area contributed by atoms with Crippen molar-refractivity contribution in [2.24, 2.45) is 0 Å². The van der Waals surface area contributed by atoms with Crippen LogP contribution in [0.3, 0.4) is 0 Å². The van der Waals surface area contributed by atoms with Crippen molar-refractivity contribution in [1.29, 1.82) is 0 Å². The van der Waals surface area contributed by atoms with E-state index in [1.54, 1.807) is 6.92 Å². The third-order valence-electron chi connectivity index (χ3n) is 1.71. The molecule has 92 valence electrons. The summed E-state index contributed by atoms with van der Waals surface area (Å²) in [7, 11) is 0. The van der Waals surface area contributed by atoms with Crippen LogP contribution in [-0.2, 0) is 9.53 Å². The molecule has 0 aliphatic heterocycles. The molecule has 0 aromatic rings. The first-order valence-corrected chi connectivity index (χ1v) is 5.49. The summed E-state index contributed by atoms with van der Waals surface area (Å²) in [5, 5.41) is 11.9. The number of esters is 1. The molecule has 0 fully saturated rings. The predicted molar refractivity (Wildman–Crippen MR) is 63.5 cm³/mol. The largest absolute Gasteiger partial charge is 0.632 e. The van der Waals surface area contributed by atoms with Crippen LogP contribution >= 0.6 is 35.6 Å². The lowest BCUT2D eigenvalue weighted by Crippen LogP contribution is -2.49. The number of hydroxylamine groups is 3. The maximum Gasteiger partial charge on any atom is 0.362 e. The van der Waals surface area contributed by atoms with Gasteiger partial charge in [0.2, 0.25) is 0 Å². The number of hydrogen-bond donors (Lipinski definition) is 0. The minimum atomic E-state index is -0.703. The number of hydrogen-bond acceptors (Lipinski definition) is 3. The summed E-state index contributed by atoms with van der Waals surface area (Å²) in [6.07, 6.45) is 0. The Hall–Kier alpha value is 0.260. The summed E-state index contributed by atoms with van der Waals surface area (Å²) in [5.74, 6) is -0.0858. The second kappa shape index (κ2) is 9.48. The highest BCUT2D eigenvalue weighted by atomic mass is 35.5. The fourth-order valence-corrected chi connectivity index (χ4v) is 1.64. The standard InChI is InChI=1S/C8H15Cl2NO3.ClH/c1-2-14-8(12)7-11(13,5-3-9)6-4-10;/h2-7H2,1H3;1H. The highest BCUT2D eigenvalue weighted by molar-refractivity contribution is 6.18. The van der Waals surface area contributed by atoms with E-state index in [4.69, 9.17) is 23.2 Å². The average Bonchev–Trinajstić information content (AvgIpc) is 2.04. The molecule has 0 spiro atoms. The Balaban J connectivity index is 0. The highest BCUT2D eigenvalue weighted by Crippen LogP contribution is 2.06. The van der Waals surface area contributed by atoms with Crippen molar-refractivity contribution in [3.63, 3.8) is 0 Å². The number of alkyl halides is 2. The number of ether oxygens (including phenoxy) is 1. The normalized spacial score (nSPS) is 10.7. The molecule has 0 bridgehead atoms. The van der Waals surface area contributed by atoms with Gasteiger partial charge in [-0.2, -0.15) is 0 Å². The van der Waals surface area contributed by atoms with E-state index < -0.39 is 10.6 Å². The van der Waals surface area contributed by atoms with Gasteiger partial charge in [0, 0.05) is 0 Å². The van der Waals surface area contributed by atoms with Crippen LogP contribution in [0, 0.1) is 5.21 Å². The SMILES string of the molecule is CCOC(=O)C[N+]([O-])(CCCl)CCCl.Cl. The summed E-state index contributed by atoms with van der Waals surface area (Å²) < 4.78 is 3.99. The number of carbonyl (C=O) groups excluding carboxylic acids is 1. The smallest absolute Gasteiger partial charge is 0.362 e. The minimum Gasteiger partial charge on any atom is -0.632 e. The van der Waals surface area contributed by atoms with Crippen molar-refractivity contribution in [2.75, 3.05) is 38.0 Å². The summed E-state index contributed by atoms with van der Waals surface area (Å²) in [4.78, 5) is 11.1. The molecule has 0 N–H and O–H groups in total. The molecule has 0 aliphatic carbocycles. The summed E-state index contributed by atoms with van der Waals surface area (Å²) in [6.45, 7) is 2.11. The summed E-state index contributed by atoms with van der Waals surface area (Å²) in [6, 6.07) is 0. The van der Waals surface area contributed by atoms with Gasteiger partial charge in [-0.1, -0.05) is 0 Å².